The predicted octanol–water partition coefficient (Wildman–Crippen LogP) is 3.36. The molecule has 2 nitrogen and oxygen atoms in total. The van der Waals surface area contributed by atoms with Crippen LogP contribution in [0.25, 0.3) is 0 Å². The van der Waals surface area contributed by atoms with Gasteiger partial charge in [0.05, 0.1) is 6.10 Å². The van der Waals surface area contributed by atoms with Crippen molar-refractivity contribution < 1.29 is 4.74 Å². The van der Waals surface area contributed by atoms with Crippen LogP contribution in [-0.4, -0.2) is 19.3 Å². The fourth-order valence-corrected chi connectivity index (χ4v) is 2.33. The lowest BCUT2D eigenvalue weighted by Gasteiger charge is -2.28. The van der Waals surface area contributed by atoms with E-state index in [0.29, 0.717) is 12.1 Å². The Morgan fingerprint density at radius 2 is 1.69 bits per heavy atom. The lowest BCUT2D eigenvalue weighted by Crippen LogP contribution is -2.29. The van der Waals surface area contributed by atoms with Gasteiger partial charge in [-0.15, -0.1) is 0 Å². The lowest BCUT2D eigenvalue weighted by atomic mass is 9.93. The minimum atomic E-state index is 0.482. The molecular weight excluding hydrogens is 198 g/mol. The fraction of sp³-hybridized carbons (Fsp3) is 0.571. The Morgan fingerprint density at radius 1 is 1.06 bits per heavy atom. The van der Waals surface area contributed by atoms with Crippen LogP contribution in [-0.2, 0) is 4.74 Å². The molecule has 1 aliphatic rings. The summed E-state index contributed by atoms with van der Waals surface area (Å²) in [6.07, 6.45) is 5.27. The molecule has 2 rings (SSSR count). The molecule has 1 aliphatic carbocycles. The summed E-state index contributed by atoms with van der Waals surface area (Å²) in [6, 6.07) is 9.26. The highest BCUT2D eigenvalue weighted by Crippen LogP contribution is 2.23. The molecule has 0 aliphatic heterocycles. The zero-order valence-electron chi connectivity index (χ0n) is 10.2. The third kappa shape index (κ3) is 2.99. The van der Waals surface area contributed by atoms with E-state index in [2.05, 4.69) is 36.5 Å². The van der Waals surface area contributed by atoms with Gasteiger partial charge in [0.1, 0.15) is 0 Å². The van der Waals surface area contributed by atoms with E-state index in [-0.39, 0.29) is 0 Å². The molecule has 1 saturated carbocycles. The van der Waals surface area contributed by atoms with E-state index in [1.54, 1.807) is 0 Å². The molecule has 0 aromatic heterocycles. The van der Waals surface area contributed by atoms with E-state index in [4.69, 9.17) is 4.74 Å². The van der Waals surface area contributed by atoms with Gasteiger partial charge in [-0.1, -0.05) is 17.7 Å². The fourth-order valence-electron chi connectivity index (χ4n) is 2.33. The van der Waals surface area contributed by atoms with E-state index in [1.165, 1.54) is 36.9 Å². The monoisotopic (exact) mass is 219 g/mol. The second kappa shape index (κ2) is 5.35. The van der Waals surface area contributed by atoms with Crippen molar-refractivity contribution in [2.75, 3.05) is 12.4 Å². The van der Waals surface area contributed by atoms with Crippen molar-refractivity contribution in [2.45, 2.75) is 44.8 Å². The SMILES string of the molecule is COC1CCC(Nc2ccc(C)cc2)CC1. The molecule has 1 fully saturated rings. The van der Waals surface area contributed by atoms with E-state index < -0.39 is 0 Å². The highest BCUT2D eigenvalue weighted by Gasteiger charge is 2.20. The Bertz CT molecular complexity index is 312. The largest absolute Gasteiger partial charge is 0.382 e. The van der Waals surface area contributed by atoms with Crippen molar-refractivity contribution in [1.82, 2.24) is 0 Å². The number of rotatable bonds is 3. The van der Waals surface area contributed by atoms with Crippen molar-refractivity contribution in [3.63, 3.8) is 0 Å². The molecule has 0 saturated heterocycles. The summed E-state index contributed by atoms with van der Waals surface area (Å²) in [6.45, 7) is 2.12. The van der Waals surface area contributed by atoms with Crippen molar-refractivity contribution >= 4 is 5.69 Å². The molecule has 2 heteroatoms. The third-order valence-electron chi connectivity index (χ3n) is 3.43. The second-order valence-electron chi connectivity index (χ2n) is 4.72. The van der Waals surface area contributed by atoms with Gasteiger partial charge in [0.15, 0.2) is 0 Å². The molecule has 0 atom stereocenters. The highest BCUT2D eigenvalue weighted by atomic mass is 16.5. The van der Waals surface area contributed by atoms with E-state index in [1.807, 2.05) is 7.11 Å². The van der Waals surface area contributed by atoms with Gasteiger partial charge >= 0.3 is 0 Å². The van der Waals surface area contributed by atoms with Crippen molar-refractivity contribution in [3.05, 3.63) is 29.8 Å². The molecule has 0 unspecified atom stereocenters. The molecule has 16 heavy (non-hydrogen) atoms. The van der Waals surface area contributed by atoms with Gasteiger partial charge in [-0.25, -0.2) is 0 Å². The maximum Gasteiger partial charge on any atom is 0.0572 e. The van der Waals surface area contributed by atoms with Gasteiger partial charge in [-0.3, -0.25) is 0 Å². The minimum Gasteiger partial charge on any atom is -0.382 e. The van der Waals surface area contributed by atoms with Crippen LogP contribution >= 0.6 is 0 Å². The standard InChI is InChI=1S/C14H21NO/c1-11-3-5-12(6-4-11)15-13-7-9-14(16-2)10-8-13/h3-6,13-15H,7-10H2,1-2H3. The number of hydrogen-bond acceptors (Lipinski definition) is 2. The van der Waals surface area contributed by atoms with E-state index in [0.717, 1.165) is 0 Å². The average Bonchev–Trinajstić information content (AvgIpc) is 2.33. The number of anilines is 1. The lowest BCUT2D eigenvalue weighted by molar-refractivity contribution is 0.0682. The van der Waals surface area contributed by atoms with Crippen molar-refractivity contribution in [2.24, 2.45) is 0 Å². The normalized spacial score (nSPS) is 25.4. The summed E-state index contributed by atoms with van der Waals surface area (Å²) in [7, 11) is 1.82. The summed E-state index contributed by atoms with van der Waals surface area (Å²) in [5.41, 5.74) is 2.56. The van der Waals surface area contributed by atoms with Gasteiger partial charge in [0.2, 0.25) is 0 Å². The Balaban J connectivity index is 1.84. The average molecular weight is 219 g/mol. The van der Waals surface area contributed by atoms with Crippen LogP contribution in [0.3, 0.4) is 0 Å². The number of aryl methyl sites for hydroxylation is 1. The first-order valence-corrected chi connectivity index (χ1v) is 6.14. The van der Waals surface area contributed by atoms with Crippen LogP contribution in [0.2, 0.25) is 0 Å². The molecular formula is C14H21NO. The Hall–Kier alpha value is -1.02. The van der Waals surface area contributed by atoms with E-state index >= 15 is 0 Å². The van der Waals surface area contributed by atoms with Gasteiger partial charge in [-0.05, 0) is 44.7 Å². The maximum absolute atomic E-state index is 5.38. The third-order valence-corrected chi connectivity index (χ3v) is 3.43. The molecule has 0 heterocycles. The maximum atomic E-state index is 5.38. The number of nitrogens with one attached hydrogen (secondary N) is 1. The Labute approximate surface area is 98.0 Å². The smallest absolute Gasteiger partial charge is 0.0572 e. The first-order valence-electron chi connectivity index (χ1n) is 6.14. The number of benzene rings is 1. The first kappa shape index (κ1) is 11.5. The molecule has 0 radical (unpaired) electrons. The van der Waals surface area contributed by atoms with Gasteiger partial charge in [-0.2, -0.15) is 0 Å². The second-order valence-corrected chi connectivity index (χ2v) is 4.72. The highest BCUT2D eigenvalue weighted by molar-refractivity contribution is 5.45. The van der Waals surface area contributed by atoms with Crippen molar-refractivity contribution in [1.29, 1.82) is 0 Å². The van der Waals surface area contributed by atoms with Gasteiger partial charge < -0.3 is 10.1 Å². The molecule has 1 N–H and O–H groups in total. The summed E-state index contributed by atoms with van der Waals surface area (Å²) in [5.74, 6) is 0. The zero-order valence-corrected chi connectivity index (χ0v) is 10.2. The van der Waals surface area contributed by atoms with Crippen LogP contribution in [0.4, 0.5) is 5.69 Å². The van der Waals surface area contributed by atoms with Crippen LogP contribution in [0, 0.1) is 6.92 Å². The van der Waals surface area contributed by atoms with Crippen molar-refractivity contribution in [3.8, 4) is 0 Å². The van der Waals surface area contributed by atoms with Crippen LogP contribution in [0.5, 0.6) is 0 Å². The number of ether oxygens (including phenoxy) is 1. The molecule has 0 bridgehead atoms. The number of hydrogen-bond donors (Lipinski definition) is 1. The van der Waals surface area contributed by atoms with E-state index in [9.17, 15) is 0 Å². The van der Waals surface area contributed by atoms with Crippen LogP contribution in [0.1, 0.15) is 31.2 Å². The molecule has 0 spiro atoms. The summed E-state index contributed by atoms with van der Waals surface area (Å²) in [4.78, 5) is 0. The Morgan fingerprint density at radius 3 is 2.25 bits per heavy atom. The van der Waals surface area contributed by atoms with Crippen LogP contribution < -0.4 is 5.32 Å². The van der Waals surface area contributed by atoms with Crippen LogP contribution in [0.15, 0.2) is 24.3 Å². The summed E-state index contributed by atoms with van der Waals surface area (Å²) >= 11 is 0. The molecule has 0 amide bonds. The predicted molar refractivity (Wildman–Crippen MR) is 67.9 cm³/mol. The zero-order chi connectivity index (χ0) is 11.4. The van der Waals surface area contributed by atoms with Gasteiger partial charge in [0.25, 0.3) is 0 Å². The summed E-state index contributed by atoms with van der Waals surface area (Å²) in [5, 5.41) is 3.60. The van der Waals surface area contributed by atoms with Gasteiger partial charge in [0, 0.05) is 18.8 Å². The summed E-state index contributed by atoms with van der Waals surface area (Å²) < 4.78 is 5.38. The topological polar surface area (TPSA) is 21.3 Å². The Kier molecular flexibility index (Phi) is 3.83. The minimum absolute atomic E-state index is 0.482. The molecule has 1 aromatic rings. The molecule has 1 aromatic carbocycles. The quantitative estimate of drug-likeness (QED) is 0.841. The molecule has 88 valence electrons. The first-order chi connectivity index (χ1) is 7.78. The number of methoxy groups -OCH3 is 1.